The van der Waals surface area contributed by atoms with Gasteiger partial charge < -0.3 is 5.73 Å². The summed E-state index contributed by atoms with van der Waals surface area (Å²) < 4.78 is 13.6. The first-order valence-electron chi connectivity index (χ1n) is 6.23. The van der Waals surface area contributed by atoms with Crippen LogP contribution in [0.25, 0.3) is 10.9 Å². The fourth-order valence-corrected chi connectivity index (χ4v) is 2.60. The van der Waals surface area contributed by atoms with E-state index in [-0.39, 0.29) is 24.3 Å². The zero-order valence-electron chi connectivity index (χ0n) is 10.6. The van der Waals surface area contributed by atoms with Crippen molar-refractivity contribution >= 4 is 23.3 Å². The van der Waals surface area contributed by atoms with Gasteiger partial charge >= 0.3 is 0 Å². The molecule has 2 aromatic rings. The lowest BCUT2D eigenvalue weighted by atomic mass is 10.1. The Hall–Kier alpha value is -1.23. The van der Waals surface area contributed by atoms with Crippen LogP contribution in [0.1, 0.15) is 12.0 Å². The van der Waals surface area contributed by atoms with Crippen molar-refractivity contribution in [3.63, 3.8) is 0 Å². The lowest BCUT2D eigenvalue weighted by molar-refractivity contribution is 0.327. The number of fused-ring (bicyclic) bond motifs is 1. The number of benzene rings is 1. The van der Waals surface area contributed by atoms with Crippen LogP contribution in [0, 0.1) is 5.82 Å². The summed E-state index contributed by atoms with van der Waals surface area (Å²) in [6.45, 7) is 2.58. The van der Waals surface area contributed by atoms with Crippen molar-refractivity contribution in [2.45, 2.75) is 19.0 Å². The Morgan fingerprint density at radius 3 is 3.00 bits per heavy atom. The topological polar surface area (TPSA) is 42.1 Å². The molecule has 1 aliphatic rings. The van der Waals surface area contributed by atoms with Gasteiger partial charge in [-0.2, -0.15) is 0 Å². The highest BCUT2D eigenvalue weighted by Gasteiger charge is 2.20. The van der Waals surface area contributed by atoms with Gasteiger partial charge in [0.2, 0.25) is 0 Å². The van der Waals surface area contributed by atoms with Crippen LogP contribution in [0.2, 0.25) is 0 Å². The molecule has 0 aliphatic carbocycles. The van der Waals surface area contributed by atoms with Gasteiger partial charge in [0, 0.05) is 37.3 Å². The van der Waals surface area contributed by atoms with Crippen LogP contribution in [-0.4, -0.2) is 29.0 Å². The standard InChI is InChI=1S/C14H16FN3.ClH/c15-12-6-10-2-1-4-17-14(10)11(7-12)8-18-5-3-13(16)9-18;/h1-2,4,6-7,13H,3,5,8-9,16H2;1H/t13-;/m0./s1. The number of hydrogen-bond acceptors (Lipinski definition) is 3. The van der Waals surface area contributed by atoms with Crippen molar-refractivity contribution in [2.24, 2.45) is 5.73 Å². The van der Waals surface area contributed by atoms with E-state index in [1.54, 1.807) is 12.3 Å². The van der Waals surface area contributed by atoms with Gasteiger partial charge in [-0.3, -0.25) is 9.88 Å². The summed E-state index contributed by atoms with van der Waals surface area (Å²) in [6, 6.07) is 7.08. The minimum absolute atomic E-state index is 0. The molecule has 1 atom stereocenters. The molecule has 1 aromatic heterocycles. The Morgan fingerprint density at radius 2 is 2.26 bits per heavy atom. The average Bonchev–Trinajstić information content (AvgIpc) is 2.74. The van der Waals surface area contributed by atoms with E-state index in [1.807, 2.05) is 12.1 Å². The number of aromatic nitrogens is 1. The highest BCUT2D eigenvalue weighted by atomic mass is 35.5. The molecule has 5 heteroatoms. The van der Waals surface area contributed by atoms with E-state index in [2.05, 4.69) is 9.88 Å². The van der Waals surface area contributed by atoms with Crippen LogP contribution in [0.5, 0.6) is 0 Å². The van der Waals surface area contributed by atoms with Gasteiger partial charge in [0.05, 0.1) is 5.52 Å². The minimum Gasteiger partial charge on any atom is -0.326 e. The summed E-state index contributed by atoms with van der Waals surface area (Å²) in [5.74, 6) is -0.200. The molecule has 1 aliphatic heterocycles. The van der Waals surface area contributed by atoms with E-state index in [1.165, 1.54) is 6.07 Å². The van der Waals surface area contributed by atoms with Gasteiger partial charge in [-0.1, -0.05) is 6.07 Å². The van der Waals surface area contributed by atoms with Crippen LogP contribution in [0.4, 0.5) is 4.39 Å². The highest BCUT2D eigenvalue weighted by molar-refractivity contribution is 5.85. The molecule has 2 N–H and O–H groups in total. The maximum absolute atomic E-state index is 13.6. The van der Waals surface area contributed by atoms with Crippen molar-refractivity contribution in [2.75, 3.05) is 13.1 Å². The number of rotatable bonds is 2. The SMILES string of the molecule is Cl.N[C@H]1CCN(Cc2cc(F)cc3cccnc23)C1. The molecule has 0 amide bonds. The van der Waals surface area contributed by atoms with Crippen LogP contribution >= 0.6 is 12.4 Å². The van der Waals surface area contributed by atoms with E-state index in [9.17, 15) is 4.39 Å². The van der Waals surface area contributed by atoms with Crippen LogP contribution < -0.4 is 5.73 Å². The van der Waals surface area contributed by atoms with Gasteiger partial charge in [0.25, 0.3) is 0 Å². The number of hydrogen-bond donors (Lipinski definition) is 1. The molecule has 0 saturated carbocycles. The number of halogens is 2. The predicted molar refractivity (Wildman–Crippen MR) is 76.8 cm³/mol. The Kier molecular flexibility index (Phi) is 4.34. The quantitative estimate of drug-likeness (QED) is 0.919. The van der Waals surface area contributed by atoms with Crippen molar-refractivity contribution in [1.29, 1.82) is 0 Å². The third kappa shape index (κ3) is 3.03. The largest absolute Gasteiger partial charge is 0.326 e. The molecule has 19 heavy (non-hydrogen) atoms. The number of nitrogens with zero attached hydrogens (tertiary/aromatic N) is 2. The molecule has 102 valence electrons. The van der Waals surface area contributed by atoms with Gasteiger partial charge in [0.15, 0.2) is 0 Å². The zero-order valence-corrected chi connectivity index (χ0v) is 11.4. The Labute approximate surface area is 118 Å². The molecule has 1 saturated heterocycles. The van der Waals surface area contributed by atoms with Crippen LogP contribution in [-0.2, 0) is 6.54 Å². The molecule has 0 spiro atoms. The molecule has 0 unspecified atom stereocenters. The fraction of sp³-hybridized carbons (Fsp3) is 0.357. The second-order valence-electron chi connectivity index (χ2n) is 4.92. The third-order valence-electron chi connectivity index (χ3n) is 3.45. The molecule has 0 radical (unpaired) electrons. The molecule has 1 fully saturated rings. The summed E-state index contributed by atoms with van der Waals surface area (Å²) in [5, 5.41) is 0.857. The lowest BCUT2D eigenvalue weighted by Gasteiger charge is -2.16. The zero-order chi connectivity index (χ0) is 12.5. The first kappa shape index (κ1) is 14.2. The van der Waals surface area contributed by atoms with Gasteiger partial charge in [-0.25, -0.2) is 4.39 Å². The van der Waals surface area contributed by atoms with Crippen molar-refractivity contribution in [3.05, 3.63) is 41.8 Å². The number of nitrogens with two attached hydrogens (primary N) is 1. The summed E-state index contributed by atoms with van der Waals surface area (Å²) in [5.41, 5.74) is 7.72. The lowest BCUT2D eigenvalue weighted by Crippen LogP contribution is -2.26. The first-order chi connectivity index (χ1) is 8.72. The third-order valence-corrected chi connectivity index (χ3v) is 3.45. The van der Waals surface area contributed by atoms with Crippen LogP contribution in [0.15, 0.2) is 30.5 Å². The summed E-state index contributed by atoms with van der Waals surface area (Å²) in [7, 11) is 0. The number of likely N-dealkylation sites (tertiary alicyclic amines) is 1. The summed E-state index contributed by atoms with van der Waals surface area (Å²) in [6.07, 6.45) is 2.76. The maximum Gasteiger partial charge on any atom is 0.124 e. The van der Waals surface area contributed by atoms with Crippen molar-refractivity contribution in [3.8, 4) is 0 Å². The maximum atomic E-state index is 13.6. The van der Waals surface area contributed by atoms with Gasteiger partial charge in [-0.15, -0.1) is 12.4 Å². The molecule has 3 rings (SSSR count). The Bertz CT molecular complexity index is 576. The van der Waals surface area contributed by atoms with Crippen molar-refractivity contribution < 1.29 is 4.39 Å². The van der Waals surface area contributed by atoms with E-state index in [4.69, 9.17) is 5.73 Å². The average molecular weight is 282 g/mol. The summed E-state index contributed by atoms with van der Waals surface area (Å²) in [4.78, 5) is 6.62. The van der Waals surface area contributed by atoms with Crippen molar-refractivity contribution in [1.82, 2.24) is 9.88 Å². The fourth-order valence-electron chi connectivity index (χ4n) is 2.60. The second kappa shape index (κ2) is 5.82. The Morgan fingerprint density at radius 1 is 1.42 bits per heavy atom. The van der Waals surface area contributed by atoms with E-state index >= 15 is 0 Å². The second-order valence-corrected chi connectivity index (χ2v) is 4.92. The van der Waals surface area contributed by atoms with Gasteiger partial charge in [-0.05, 0) is 30.2 Å². The van der Waals surface area contributed by atoms with E-state index < -0.39 is 0 Å². The monoisotopic (exact) mass is 281 g/mol. The summed E-state index contributed by atoms with van der Waals surface area (Å²) >= 11 is 0. The smallest absolute Gasteiger partial charge is 0.124 e. The molecule has 2 heterocycles. The van der Waals surface area contributed by atoms with Gasteiger partial charge in [0.1, 0.15) is 5.82 Å². The van der Waals surface area contributed by atoms with E-state index in [0.717, 1.165) is 42.5 Å². The molecular weight excluding hydrogens is 265 g/mol. The highest BCUT2D eigenvalue weighted by Crippen LogP contribution is 2.21. The molecule has 3 nitrogen and oxygen atoms in total. The molecule has 0 bridgehead atoms. The minimum atomic E-state index is -0.200. The molecule has 1 aromatic carbocycles. The molecular formula is C14H17ClFN3. The van der Waals surface area contributed by atoms with Crippen LogP contribution in [0.3, 0.4) is 0 Å². The Balaban J connectivity index is 0.00000133. The first-order valence-corrected chi connectivity index (χ1v) is 6.23. The predicted octanol–water partition coefficient (Wildman–Crippen LogP) is 2.33. The number of pyridine rings is 1. The van der Waals surface area contributed by atoms with E-state index in [0.29, 0.717) is 0 Å². The normalized spacial score (nSPS) is 19.6.